The second-order valence-electron chi connectivity index (χ2n) is 16.8. The zero-order valence-corrected chi connectivity index (χ0v) is 32.5. The summed E-state index contributed by atoms with van der Waals surface area (Å²) in [5.74, 6) is -1.16. The average Bonchev–Trinajstić information content (AvgIpc) is 2.97. The lowest BCUT2D eigenvalue weighted by Gasteiger charge is -2.58. The van der Waals surface area contributed by atoms with Crippen molar-refractivity contribution in [3.05, 3.63) is 64.7 Å². The number of carbonyl (C=O) groups is 2. The van der Waals surface area contributed by atoms with E-state index in [-0.39, 0.29) is 51.3 Å². The van der Waals surface area contributed by atoms with Gasteiger partial charge in [-0.25, -0.2) is 27.7 Å². The van der Waals surface area contributed by atoms with Crippen molar-refractivity contribution < 1.29 is 32.6 Å². The number of carboxylic acids is 1. The fourth-order valence-corrected chi connectivity index (χ4v) is 8.50. The molecular weight excluding hydrogens is 683 g/mol. The number of aryl methyl sites for hydroxylation is 2. The van der Waals surface area contributed by atoms with Crippen LogP contribution in [0, 0.1) is 31.6 Å². The Bertz CT molecular complexity index is 1900. The second-order valence-corrected chi connectivity index (χ2v) is 18.5. The van der Waals surface area contributed by atoms with Crippen LogP contribution in [0.5, 0.6) is 5.88 Å². The molecule has 3 aromatic rings. The number of nitrogens with one attached hydrogen (secondary N) is 3. The molecule has 0 aliphatic heterocycles. The maximum absolute atomic E-state index is 13.5. The van der Waals surface area contributed by atoms with Crippen LogP contribution in [0.3, 0.4) is 0 Å². The fourth-order valence-electron chi connectivity index (χ4n) is 7.51. The highest BCUT2D eigenvalue weighted by Crippen LogP contribution is 2.56. The Morgan fingerprint density at radius 3 is 2.15 bits per heavy atom. The Morgan fingerprint density at radius 1 is 0.942 bits per heavy atom. The minimum atomic E-state index is -4.25. The maximum atomic E-state index is 13.5. The largest absolute Gasteiger partial charge is 0.478 e. The Morgan fingerprint density at radius 2 is 1.56 bits per heavy atom. The number of hydrogen-bond acceptors (Lipinski definition) is 9. The molecule has 0 unspecified atom stereocenters. The van der Waals surface area contributed by atoms with Crippen LogP contribution in [0.25, 0.3) is 11.3 Å². The van der Waals surface area contributed by atoms with Gasteiger partial charge in [-0.05, 0) is 114 Å². The predicted octanol–water partition coefficient (Wildman–Crippen LogP) is 7.18. The number of rotatable bonds is 12. The number of carbonyl (C=O) groups excluding carboxylic acids is 1. The average molecular weight is 736 g/mol. The summed E-state index contributed by atoms with van der Waals surface area (Å²) in [6.07, 6.45) is 4.35. The van der Waals surface area contributed by atoms with Crippen LogP contribution in [0.1, 0.15) is 101 Å². The SMILES string of the molecule is Cc1cccc(C)c1-c1nc(NS(=O)(=O)c2cccc(C(=O)O)c2)nc(OC[C@@H](CC(C)(C)C)NC2CC3(CC(NC(=O)OC(C)(C)C)C3)C2)c1C. The molecule has 1 atom stereocenters. The van der Waals surface area contributed by atoms with E-state index in [1.807, 2.05) is 59.7 Å². The molecule has 2 aliphatic rings. The molecule has 1 heterocycles. The number of carboxylic acid groups (broad SMARTS) is 1. The van der Waals surface area contributed by atoms with E-state index >= 15 is 0 Å². The van der Waals surface area contributed by atoms with Crippen molar-refractivity contribution in [1.29, 1.82) is 0 Å². The molecule has 1 amide bonds. The van der Waals surface area contributed by atoms with Gasteiger partial charge in [-0.15, -0.1) is 0 Å². The number of ether oxygens (including phenoxy) is 2. The lowest BCUT2D eigenvalue weighted by Crippen LogP contribution is -2.62. The third-order valence-corrected chi connectivity index (χ3v) is 11.0. The number of sulfonamides is 1. The van der Waals surface area contributed by atoms with Crippen molar-refractivity contribution in [2.24, 2.45) is 10.8 Å². The summed E-state index contributed by atoms with van der Waals surface area (Å²) < 4.78 is 41.3. The van der Waals surface area contributed by atoms with Gasteiger partial charge in [0.2, 0.25) is 11.8 Å². The molecule has 5 rings (SSSR count). The van der Waals surface area contributed by atoms with Crippen molar-refractivity contribution in [3.63, 3.8) is 0 Å². The van der Waals surface area contributed by atoms with Crippen molar-refractivity contribution in [2.45, 2.75) is 123 Å². The number of aromatic nitrogens is 2. The van der Waals surface area contributed by atoms with Crippen molar-refractivity contribution >= 4 is 28.0 Å². The van der Waals surface area contributed by atoms with Crippen LogP contribution in [-0.2, 0) is 14.8 Å². The minimum Gasteiger partial charge on any atom is -0.478 e. The lowest BCUT2D eigenvalue weighted by atomic mass is 9.52. The summed E-state index contributed by atoms with van der Waals surface area (Å²) in [5.41, 5.74) is 3.52. The first kappa shape index (κ1) is 39.0. The molecule has 2 aromatic carbocycles. The Labute approximate surface area is 307 Å². The van der Waals surface area contributed by atoms with E-state index in [1.165, 1.54) is 18.2 Å². The van der Waals surface area contributed by atoms with Gasteiger partial charge in [-0.2, -0.15) is 4.98 Å². The predicted molar refractivity (Wildman–Crippen MR) is 200 cm³/mol. The van der Waals surface area contributed by atoms with Crippen LogP contribution >= 0.6 is 0 Å². The highest BCUT2D eigenvalue weighted by molar-refractivity contribution is 7.92. The molecule has 1 spiro atoms. The normalized spacial score (nSPS) is 20.7. The first-order chi connectivity index (χ1) is 24.1. The molecule has 2 aliphatic carbocycles. The van der Waals surface area contributed by atoms with Crippen LogP contribution in [0.2, 0.25) is 0 Å². The smallest absolute Gasteiger partial charge is 0.407 e. The molecule has 1 aromatic heterocycles. The minimum absolute atomic E-state index is 0.00319. The van der Waals surface area contributed by atoms with E-state index in [4.69, 9.17) is 9.47 Å². The third-order valence-electron chi connectivity index (χ3n) is 9.63. The molecule has 13 heteroatoms. The van der Waals surface area contributed by atoms with Crippen LogP contribution in [-0.4, -0.2) is 65.9 Å². The molecule has 0 bridgehead atoms. The summed E-state index contributed by atoms with van der Waals surface area (Å²) in [7, 11) is -4.25. The molecule has 282 valence electrons. The van der Waals surface area contributed by atoms with Gasteiger partial charge >= 0.3 is 12.1 Å². The Balaban J connectivity index is 1.34. The fraction of sp³-hybridized carbons (Fsp3) is 0.538. The van der Waals surface area contributed by atoms with Crippen molar-refractivity contribution in [2.75, 3.05) is 11.3 Å². The molecule has 52 heavy (non-hydrogen) atoms. The molecule has 2 saturated carbocycles. The maximum Gasteiger partial charge on any atom is 0.407 e. The summed E-state index contributed by atoms with van der Waals surface area (Å²) in [6.45, 7) is 18.2. The van der Waals surface area contributed by atoms with Crippen LogP contribution in [0.15, 0.2) is 47.4 Å². The Kier molecular flexibility index (Phi) is 11.0. The van der Waals surface area contributed by atoms with Crippen LogP contribution < -0.4 is 20.1 Å². The van der Waals surface area contributed by atoms with E-state index in [1.54, 1.807) is 0 Å². The number of amides is 1. The summed E-state index contributed by atoms with van der Waals surface area (Å²) in [5, 5.41) is 16.3. The van der Waals surface area contributed by atoms with E-state index in [2.05, 4.69) is 46.1 Å². The zero-order valence-electron chi connectivity index (χ0n) is 31.7. The van der Waals surface area contributed by atoms with Crippen LogP contribution in [0.4, 0.5) is 10.7 Å². The van der Waals surface area contributed by atoms with Crippen molar-refractivity contribution in [1.82, 2.24) is 20.6 Å². The molecule has 2 fully saturated rings. The third kappa shape index (κ3) is 9.60. The summed E-state index contributed by atoms with van der Waals surface area (Å²) in [6, 6.07) is 11.4. The second kappa shape index (κ2) is 14.7. The number of nitrogens with zero attached hydrogens (tertiary/aromatic N) is 2. The first-order valence-electron chi connectivity index (χ1n) is 17.8. The molecular formula is C39H53N5O7S. The number of anilines is 1. The van der Waals surface area contributed by atoms with Gasteiger partial charge < -0.3 is 25.2 Å². The van der Waals surface area contributed by atoms with Gasteiger partial charge in [0.05, 0.1) is 16.2 Å². The van der Waals surface area contributed by atoms with E-state index in [0.717, 1.165) is 54.9 Å². The lowest BCUT2D eigenvalue weighted by molar-refractivity contribution is -0.0382. The van der Waals surface area contributed by atoms with Crippen molar-refractivity contribution in [3.8, 4) is 17.1 Å². The van der Waals surface area contributed by atoms with Gasteiger partial charge in [-0.1, -0.05) is 45.0 Å². The van der Waals surface area contributed by atoms with Gasteiger partial charge in [0, 0.05) is 29.3 Å². The van der Waals surface area contributed by atoms with Gasteiger partial charge in [0.1, 0.15) is 12.2 Å². The first-order valence-corrected chi connectivity index (χ1v) is 19.3. The molecule has 0 saturated heterocycles. The number of aromatic carboxylic acids is 1. The van der Waals surface area contributed by atoms with E-state index in [9.17, 15) is 23.1 Å². The van der Waals surface area contributed by atoms with E-state index in [0.29, 0.717) is 23.9 Å². The quantitative estimate of drug-likeness (QED) is 0.150. The van der Waals surface area contributed by atoms with Gasteiger partial charge in [-0.3, -0.25) is 0 Å². The highest BCUT2D eigenvalue weighted by Gasteiger charge is 2.53. The topological polar surface area (TPSA) is 169 Å². The highest BCUT2D eigenvalue weighted by atomic mass is 32.2. The van der Waals surface area contributed by atoms with E-state index < -0.39 is 21.6 Å². The van der Waals surface area contributed by atoms with Gasteiger partial charge in [0.15, 0.2) is 0 Å². The summed E-state index contributed by atoms with van der Waals surface area (Å²) >= 11 is 0. The zero-order chi connectivity index (χ0) is 38.2. The standard InChI is InChI=1S/C39H53N5O7S/c1-23-12-10-13-24(2)31(23)32-25(3)33(43-35(42-32)44-52(48,49)30-15-11-14-26(16-30)34(45)46)50-22-29(17-37(4,5)6)40-27-18-39(19-27)20-28(21-39)41-36(47)51-38(7,8)9/h10-16,27-29,40H,17-22H2,1-9H3,(H,41,47)(H,45,46)(H,42,43,44)/t27?,28?,29-,39?/m1/s1. The molecule has 4 N–H and O–H groups in total. The Hall–Kier alpha value is -4.23. The number of alkyl carbamates (subject to hydrolysis) is 1. The van der Waals surface area contributed by atoms with Gasteiger partial charge in [0.25, 0.3) is 10.0 Å². The molecule has 12 nitrogen and oxygen atoms in total. The molecule has 0 radical (unpaired) electrons. The number of hydrogen-bond donors (Lipinski definition) is 4. The number of benzene rings is 2. The summed E-state index contributed by atoms with van der Waals surface area (Å²) in [4.78, 5) is 32.8. The monoisotopic (exact) mass is 735 g/mol.